The van der Waals surface area contributed by atoms with E-state index in [0.29, 0.717) is 5.69 Å². The molecular weight excluding hydrogens is 256 g/mol. The van der Waals surface area contributed by atoms with Gasteiger partial charge in [-0.05, 0) is 26.3 Å². The van der Waals surface area contributed by atoms with Crippen molar-refractivity contribution in [3.8, 4) is 11.3 Å². The summed E-state index contributed by atoms with van der Waals surface area (Å²) in [6, 6.07) is 8.35. The SMILES string of the molecule is Cc1ccc(-c2c(C)sc3nc(C)c(C=O)n23)cc1. The highest BCUT2D eigenvalue weighted by molar-refractivity contribution is 7.17. The van der Waals surface area contributed by atoms with E-state index in [1.54, 1.807) is 11.3 Å². The average Bonchev–Trinajstić information content (AvgIpc) is 2.83. The van der Waals surface area contributed by atoms with Gasteiger partial charge in [-0.1, -0.05) is 29.8 Å². The molecule has 0 fully saturated rings. The molecule has 2 aromatic heterocycles. The van der Waals surface area contributed by atoms with Crippen molar-refractivity contribution in [1.82, 2.24) is 9.38 Å². The Labute approximate surface area is 115 Å². The van der Waals surface area contributed by atoms with Crippen LogP contribution < -0.4 is 0 Å². The normalized spacial score (nSPS) is 11.1. The number of carbonyl (C=O) groups is 1. The van der Waals surface area contributed by atoms with Crippen molar-refractivity contribution < 1.29 is 4.79 Å². The van der Waals surface area contributed by atoms with Crippen molar-refractivity contribution in [2.75, 3.05) is 0 Å². The first kappa shape index (κ1) is 12.1. The molecule has 19 heavy (non-hydrogen) atoms. The molecule has 3 rings (SSSR count). The Kier molecular flexibility index (Phi) is 2.75. The summed E-state index contributed by atoms with van der Waals surface area (Å²) in [7, 11) is 0. The number of aromatic nitrogens is 2. The topological polar surface area (TPSA) is 34.4 Å². The lowest BCUT2D eigenvalue weighted by atomic mass is 10.1. The minimum Gasteiger partial charge on any atom is -0.296 e. The van der Waals surface area contributed by atoms with Gasteiger partial charge in [0.2, 0.25) is 0 Å². The van der Waals surface area contributed by atoms with Crippen LogP contribution in [0.2, 0.25) is 0 Å². The summed E-state index contributed by atoms with van der Waals surface area (Å²) in [5.41, 5.74) is 4.85. The molecule has 0 aliphatic rings. The first-order chi connectivity index (χ1) is 9.11. The number of imidazole rings is 1. The molecule has 3 aromatic rings. The molecule has 4 heteroatoms. The summed E-state index contributed by atoms with van der Waals surface area (Å²) in [5.74, 6) is 0. The van der Waals surface area contributed by atoms with Crippen molar-refractivity contribution >= 4 is 22.6 Å². The summed E-state index contributed by atoms with van der Waals surface area (Å²) in [6.07, 6.45) is 0.888. The maximum Gasteiger partial charge on any atom is 0.195 e. The lowest BCUT2D eigenvalue weighted by Gasteiger charge is -2.04. The summed E-state index contributed by atoms with van der Waals surface area (Å²) in [6.45, 7) is 6.01. The first-order valence-electron chi connectivity index (χ1n) is 6.12. The van der Waals surface area contributed by atoms with Gasteiger partial charge in [-0.3, -0.25) is 9.20 Å². The minimum atomic E-state index is 0.648. The van der Waals surface area contributed by atoms with Crippen LogP contribution in [0.25, 0.3) is 16.2 Å². The van der Waals surface area contributed by atoms with Crippen molar-refractivity contribution in [3.05, 3.63) is 46.1 Å². The zero-order valence-electron chi connectivity index (χ0n) is 11.1. The van der Waals surface area contributed by atoms with Crippen LogP contribution in [0.5, 0.6) is 0 Å². The van der Waals surface area contributed by atoms with Gasteiger partial charge in [-0.2, -0.15) is 0 Å². The van der Waals surface area contributed by atoms with Crippen molar-refractivity contribution in [2.45, 2.75) is 20.8 Å². The molecule has 0 bridgehead atoms. The summed E-state index contributed by atoms with van der Waals surface area (Å²) < 4.78 is 1.97. The van der Waals surface area contributed by atoms with E-state index in [9.17, 15) is 4.79 Å². The zero-order valence-corrected chi connectivity index (χ0v) is 11.9. The van der Waals surface area contributed by atoms with Crippen LogP contribution in [0.3, 0.4) is 0 Å². The molecule has 0 unspecified atom stereocenters. The van der Waals surface area contributed by atoms with E-state index in [4.69, 9.17) is 0 Å². The van der Waals surface area contributed by atoms with Gasteiger partial charge in [-0.25, -0.2) is 4.98 Å². The molecule has 2 heterocycles. The van der Waals surface area contributed by atoms with Crippen LogP contribution in [0, 0.1) is 20.8 Å². The minimum absolute atomic E-state index is 0.648. The van der Waals surface area contributed by atoms with E-state index < -0.39 is 0 Å². The molecule has 96 valence electrons. The predicted octanol–water partition coefficient (Wildman–Crippen LogP) is 3.80. The molecule has 0 saturated carbocycles. The maximum absolute atomic E-state index is 11.3. The Bertz CT molecular complexity index is 766. The predicted molar refractivity (Wildman–Crippen MR) is 78.1 cm³/mol. The van der Waals surface area contributed by atoms with E-state index in [1.165, 1.54) is 10.4 Å². The molecule has 0 spiro atoms. The number of nitrogens with zero attached hydrogens (tertiary/aromatic N) is 2. The number of aldehydes is 1. The molecule has 0 aliphatic carbocycles. The van der Waals surface area contributed by atoms with Crippen molar-refractivity contribution in [1.29, 1.82) is 0 Å². The standard InChI is InChI=1S/C15H14N2OS/c1-9-4-6-12(7-5-9)14-11(3)19-15-16-10(2)13(8-18)17(14)15/h4-8H,1-3H3. The lowest BCUT2D eigenvalue weighted by Crippen LogP contribution is -1.94. The first-order valence-corrected chi connectivity index (χ1v) is 6.94. The van der Waals surface area contributed by atoms with E-state index in [1.807, 2.05) is 11.3 Å². The lowest BCUT2D eigenvalue weighted by molar-refractivity contribution is 0.111. The van der Waals surface area contributed by atoms with Crippen LogP contribution >= 0.6 is 11.3 Å². The number of hydrogen-bond donors (Lipinski definition) is 0. The summed E-state index contributed by atoms with van der Waals surface area (Å²) in [5, 5.41) is 0. The second kappa shape index (κ2) is 4.31. The third-order valence-corrected chi connectivity index (χ3v) is 4.26. The highest BCUT2D eigenvalue weighted by Gasteiger charge is 2.17. The molecule has 0 radical (unpaired) electrons. The molecular formula is C15H14N2OS. The van der Waals surface area contributed by atoms with Gasteiger partial charge in [-0.15, -0.1) is 11.3 Å². The zero-order chi connectivity index (χ0) is 13.6. The summed E-state index contributed by atoms with van der Waals surface area (Å²) >= 11 is 1.62. The van der Waals surface area contributed by atoms with Gasteiger partial charge in [0.15, 0.2) is 11.2 Å². The molecule has 3 nitrogen and oxygen atoms in total. The number of aryl methyl sites for hydroxylation is 3. The number of fused-ring (bicyclic) bond motifs is 1. The molecule has 0 amide bonds. The third-order valence-electron chi connectivity index (χ3n) is 3.30. The van der Waals surface area contributed by atoms with Crippen molar-refractivity contribution in [2.24, 2.45) is 0 Å². The average molecular weight is 270 g/mol. The Balaban J connectivity index is 2.36. The molecule has 0 saturated heterocycles. The van der Waals surface area contributed by atoms with E-state index in [2.05, 4.69) is 43.1 Å². The number of thiazole rings is 1. The Morgan fingerprint density at radius 2 is 1.84 bits per heavy atom. The van der Waals surface area contributed by atoms with Gasteiger partial charge in [0, 0.05) is 4.88 Å². The highest BCUT2D eigenvalue weighted by Crippen LogP contribution is 2.32. The second-order valence-electron chi connectivity index (χ2n) is 4.69. The van der Waals surface area contributed by atoms with E-state index in [0.717, 1.165) is 28.2 Å². The number of rotatable bonds is 2. The number of hydrogen-bond acceptors (Lipinski definition) is 3. The van der Waals surface area contributed by atoms with Crippen LogP contribution in [0.15, 0.2) is 24.3 Å². The smallest absolute Gasteiger partial charge is 0.195 e. The Morgan fingerprint density at radius 3 is 2.47 bits per heavy atom. The molecule has 0 aliphatic heterocycles. The monoisotopic (exact) mass is 270 g/mol. The van der Waals surface area contributed by atoms with Gasteiger partial charge in [0.05, 0.1) is 11.4 Å². The van der Waals surface area contributed by atoms with Crippen molar-refractivity contribution in [3.63, 3.8) is 0 Å². The third kappa shape index (κ3) is 1.79. The number of benzene rings is 1. The largest absolute Gasteiger partial charge is 0.296 e. The molecule has 0 atom stereocenters. The highest BCUT2D eigenvalue weighted by atomic mass is 32.1. The van der Waals surface area contributed by atoms with Crippen LogP contribution in [0.4, 0.5) is 0 Å². The summed E-state index contributed by atoms with van der Waals surface area (Å²) in [4.78, 5) is 17.8. The van der Waals surface area contributed by atoms with Crippen LogP contribution in [-0.4, -0.2) is 15.7 Å². The quantitative estimate of drug-likeness (QED) is 0.664. The molecule has 0 N–H and O–H groups in total. The fraction of sp³-hybridized carbons (Fsp3) is 0.200. The van der Waals surface area contributed by atoms with Gasteiger partial charge < -0.3 is 0 Å². The van der Waals surface area contributed by atoms with Gasteiger partial charge >= 0.3 is 0 Å². The van der Waals surface area contributed by atoms with Crippen LogP contribution in [-0.2, 0) is 0 Å². The van der Waals surface area contributed by atoms with E-state index >= 15 is 0 Å². The number of carbonyl (C=O) groups excluding carboxylic acids is 1. The fourth-order valence-corrected chi connectivity index (χ4v) is 3.37. The maximum atomic E-state index is 11.3. The Morgan fingerprint density at radius 1 is 1.16 bits per heavy atom. The van der Waals surface area contributed by atoms with E-state index in [-0.39, 0.29) is 0 Å². The molecule has 1 aromatic carbocycles. The van der Waals surface area contributed by atoms with Gasteiger partial charge in [0.25, 0.3) is 0 Å². The Hall–Kier alpha value is -1.94. The second-order valence-corrected chi connectivity index (χ2v) is 5.87. The van der Waals surface area contributed by atoms with Crippen LogP contribution in [0.1, 0.15) is 26.6 Å². The van der Waals surface area contributed by atoms with Gasteiger partial charge in [0.1, 0.15) is 5.69 Å². The fourth-order valence-electron chi connectivity index (χ4n) is 2.32.